The quantitative estimate of drug-likeness (QED) is 0.393. The molecule has 0 aliphatic carbocycles. The molecule has 0 bridgehead atoms. The molecule has 0 saturated heterocycles. The maximum Gasteiger partial charge on any atom is -0.0353 e. The van der Waals surface area contributed by atoms with Crippen LogP contribution in [0.3, 0.4) is 0 Å². The zero-order valence-corrected chi connectivity index (χ0v) is 5.52. The Kier molecular flexibility index (Phi) is 13.0. The van der Waals surface area contributed by atoms with Crippen molar-refractivity contribution in [3.8, 4) is 0 Å². The number of allylic oxidation sites excluding steroid dienone is 1. The van der Waals surface area contributed by atoms with Crippen LogP contribution in [0.25, 0.3) is 0 Å². The first kappa shape index (κ1) is 10.6. The lowest BCUT2D eigenvalue weighted by atomic mass is 10.2. The first-order valence-electron chi connectivity index (χ1n) is 3.02. The number of hydrogen-bond acceptors (Lipinski definition) is 0. The van der Waals surface area contributed by atoms with Gasteiger partial charge >= 0.3 is 0 Å². The molecule has 0 amide bonds. The largest absolute Gasteiger partial charge is 0.269 e. The molecule has 0 aromatic carbocycles. The SMILES string of the molecule is C=CCCCCC.F. The van der Waals surface area contributed by atoms with Crippen LogP contribution in [0.2, 0.25) is 0 Å². The average Bonchev–Trinajstić information content (AvgIpc) is 1.69. The third-order valence-corrected chi connectivity index (χ3v) is 1.01. The van der Waals surface area contributed by atoms with Gasteiger partial charge in [0.1, 0.15) is 0 Å². The van der Waals surface area contributed by atoms with E-state index in [-0.39, 0.29) is 4.70 Å². The van der Waals surface area contributed by atoms with Crippen LogP contribution in [0.5, 0.6) is 0 Å². The Labute approximate surface area is 51.0 Å². The van der Waals surface area contributed by atoms with Crippen molar-refractivity contribution in [1.29, 1.82) is 0 Å². The summed E-state index contributed by atoms with van der Waals surface area (Å²) >= 11 is 0. The van der Waals surface area contributed by atoms with Crippen molar-refractivity contribution in [3.05, 3.63) is 12.7 Å². The molecule has 0 unspecified atom stereocenters. The lowest BCUT2D eigenvalue weighted by molar-refractivity contribution is 0.730. The molecule has 0 heterocycles. The molecular weight excluding hydrogens is 103 g/mol. The summed E-state index contributed by atoms with van der Waals surface area (Å²) in [6.07, 6.45) is 7.16. The van der Waals surface area contributed by atoms with E-state index >= 15 is 0 Å². The van der Waals surface area contributed by atoms with Gasteiger partial charge in [-0.25, -0.2) is 0 Å². The topological polar surface area (TPSA) is 0 Å². The summed E-state index contributed by atoms with van der Waals surface area (Å²) in [4.78, 5) is 0. The van der Waals surface area contributed by atoms with Crippen molar-refractivity contribution in [2.24, 2.45) is 0 Å². The van der Waals surface area contributed by atoms with Crippen molar-refractivity contribution in [2.75, 3.05) is 0 Å². The normalized spacial score (nSPS) is 7.62. The lowest BCUT2D eigenvalue weighted by Crippen LogP contribution is -1.67. The summed E-state index contributed by atoms with van der Waals surface area (Å²) in [5, 5.41) is 0. The van der Waals surface area contributed by atoms with E-state index in [2.05, 4.69) is 13.5 Å². The number of hydrogen-bond donors (Lipinski definition) is 0. The molecule has 1 heteroatoms. The summed E-state index contributed by atoms with van der Waals surface area (Å²) < 4.78 is 0. The fourth-order valence-electron chi connectivity index (χ4n) is 0.539. The van der Waals surface area contributed by atoms with E-state index in [9.17, 15) is 0 Å². The van der Waals surface area contributed by atoms with E-state index in [1.165, 1.54) is 25.7 Å². The van der Waals surface area contributed by atoms with E-state index in [1.54, 1.807) is 0 Å². The van der Waals surface area contributed by atoms with Gasteiger partial charge in [0.2, 0.25) is 0 Å². The van der Waals surface area contributed by atoms with Crippen LogP contribution in [0.15, 0.2) is 12.7 Å². The zero-order chi connectivity index (χ0) is 5.54. The Balaban J connectivity index is 0. The maximum atomic E-state index is 3.63. The molecule has 0 saturated carbocycles. The van der Waals surface area contributed by atoms with Gasteiger partial charge < -0.3 is 0 Å². The summed E-state index contributed by atoms with van der Waals surface area (Å²) in [7, 11) is 0. The van der Waals surface area contributed by atoms with Crippen LogP contribution < -0.4 is 0 Å². The Hall–Kier alpha value is -0.330. The Bertz CT molecular complexity index is 41.7. The predicted octanol–water partition coefficient (Wildman–Crippen LogP) is 2.91. The molecule has 0 N–H and O–H groups in total. The standard InChI is InChI=1S/C7H14.FH/c1-3-5-7-6-4-2;/h3H,1,4-7H2,2H3;1H. The maximum absolute atomic E-state index is 3.63. The highest BCUT2D eigenvalue weighted by molar-refractivity contribution is 4.64. The van der Waals surface area contributed by atoms with Gasteiger partial charge in [0.05, 0.1) is 0 Å². The second-order valence-corrected chi connectivity index (χ2v) is 1.78. The molecule has 0 spiro atoms. The molecule has 0 nitrogen and oxygen atoms in total. The van der Waals surface area contributed by atoms with Crippen molar-refractivity contribution < 1.29 is 4.70 Å². The number of halogens is 1. The van der Waals surface area contributed by atoms with Gasteiger partial charge in [-0.3, -0.25) is 4.70 Å². The van der Waals surface area contributed by atoms with Gasteiger partial charge in [-0.1, -0.05) is 25.8 Å². The fraction of sp³-hybridized carbons (Fsp3) is 0.714. The van der Waals surface area contributed by atoms with E-state index < -0.39 is 0 Å². The minimum Gasteiger partial charge on any atom is -0.269 e. The summed E-state index contributed by atoms with van der Waals surface area (Å²) in [5.74, 6) is 0. The highest BCUT2D eigenvalue weighted by Gasteiger charge is 1.77. The molecule has 0 fully saturated rings. The highest BCUT2D eigenvalue weighted by Crippen LogP contribution is 1.97. The summed E-state index contributed by atoms with van der Waals surface area (Å²) in [5.41, 5.74) is 0. The smallest absolute Gasteiger partial charge is 0.0353 e. The van der Waals surface area contributed by atoms with Crippen LogP contribution in [0, 0.1) is 0 Å². The van der Waals surface area contributed by atoms with Crippen LogP contribution in [-0.2, 0) is 0 Å². The average molecular weight is 118 g/mol. The molecule has 0 aliphatic rings. The van der Waals surface area contributed by atoms with Gasteiger partial charge in [0.25, 0.3) is 0 Å². The molecule has 0 aliphatic heterocycles. The monoisotopic (exact) mass is 118 g/mol. The van der Waals surface area contributed by atoms with Gasteiger partial charge in [-0.2, -0.15) is 0 Å². The lowest BCUT2D eigenvalue weighted by Gasteiger charge is -1.87. The van der Waals surface area contributed by atoms with Crippen LogP contribution in [-0.4, -0.2) is 0 Å². The molecule has 0 atom stereocenters. The van der Waals surface area contributed by atoms with Crippen molar-refractivity contribution >= 4 is 0 Å². The highest BCUT2D eigenvalue weighted by atomic mass is 19.0. The predicted molar refractivity (Wildman–Crippen MR) is 36.8 cm³/mol. The Morgan fingerprint density at radius 3 is 2.38 bits per heavy atom. The first-order chi connectivity index (χ1) is 3.41. The van der Waals surface area contributed by atoms with Crippen molar-refractivity contribution in [2.45, 2.75) is 32.6 Å². The third-order valence-electron chi connectivity index (χ3n) is 1.01. The molecule has 0 rings (SSSR count). The molecule has 8 heavy (non-hydrogen) atoms. The van der Waals surface area contributed by atoms with Crippen molar-refractivity contribution in [1.82, 2.24) is 0 Å². The summed E-state index contributed by atoms with van der Waals surface area (Å²) in [6.45, 7) is 5.84. The van der Waals surface area contributed by atoms with Crippen LogP contribution in [0.1, 0.15) is 32.6 Å². The first-order valence-corrected chi connectivity index (χ1v) is 3.02. The number of rotatable bonds is 4. The van der Waals surface area contributed by atoms with Crippen LogP contribution in [0.4, 0.5) is 4.70 Å². The van der Waals surface area contributed by atoms with E-state index in [0.29, 0.717) is 0 Å². The van der Waals surface area contributed by atoms with Gasteiger partial charge in [-0.05, 0) is 12.8 Å². The van der Waals surface area contributed by atoms with E-state index in [1.807, 2.05) is 6.08 Å². The van der Waals surface area contributed by atoms with E-state index in [4.69, 9.17) is 0 Å². The third kappa shape index (κ3) is 9.18. The second kappa shape index (κ2) is 9.83. The van der Waals surface area contributed by atoms with Gasteiger partial charge in [0.15, 0.2) is 0 Å². The van der Waals surface area contributed by atoms with Gasteiger partial charge in [-0.15, -0.1) is 6.58 Å². The number of unbranched alkanes of at least 4 members (excludes halogenated alkanes) is 3. The minimum atomic E-state index is 0. The molecular formula is C7H15F. The zero-order valence-electron chi connectivity index (χ0n) is 5.52. The molecule has 0 aromatic heterocycles. The molecule has 0 radical (unpaired) electrons. The molecule has 50 valence electrons. The Morgan fingerprint density at radius 1 is 1.38 bits per heavy atom. The molecule has 0 aromatic rings. The van der Waals surface area contributed by atoms with Gasteiger partial charge in [0, 0.05) is 0 Å². The Morgan fingerprint density at radius 2 is 2.00 bits per heavy atom. The van der Waals surface area contributed by atoms with Crippen LogP contribution >= 0.6 is 0 Å². The summed E-state index contributed by atoms with van der Waals surface area (Å²) in [6, 6.07) is 0. The second-order valence-electron chi connectivity index (χ2n) is 1.78. The van der Waals surface area contributed by atoms with E-state index in [0.717, 1.165) is 0 Å². The van der Waals surface area contributed by atoms with Crippen molar-refractivity contribution in [3.63, 3.8) is 0 Å². The minimum absolute atomic E-state index is 0. The fourth-order valence-corrected chi connectivity index (χ4v) is 0.539.